The van der Waals surface area contributed by atoms with Crippen LogP contribution in [0.5, 0.6) is 0 Å². The van der Waals surface area contributed by atoms with Crippen molar-refractivity contribution in [2.75, 3.05) is 0 Å². The van der Waals surface area contributed by atoms with Gasteiger partial charge in [0.15, 0.2) is 0 Å². The Labute approximate surface area is 123 Å². The van der Waals surface area contributed by atoms with Gasteiger partial charge < -0.3 is 9.97 Å². The maximum atomic E-state index is 4.63. The lowest BCUT2D eigenvalue weighted by Gasteiger charge is -1.98. The van der Waals surface area contributed by atoms with E-state index in [-0.39, 0.29) is 0 Å². The van der Waals surface area contributed by atoms with Crippen LogP contribution in [0.2, 0.25) is 0 Å². The molecule has 21 heavy (non-hydrogen) atoms. The Balaban J connectivity index is 1.47. The second-order valence-electron chi connectivity index (χ2n) is 5.41. The van der Waals surface area contributed by atoms with Gasteiger partial charge >= 0.3 is 0 Å². The summed E-state index contributed by atoms with van der Waals surface area (Å²) in [6, 6.07) is 16.7. The van der Waals surface area contributed by atoms with Gasteiger partial charge in [-0.3, -0.25) is 0 Å². The first-order valence-electron chi connectivity index (χ1n) is 7.39. The van der Waals surface area contributed by atoms with Crippen molar-refractivity contribution in [3.8, 4) is 0 Å². The molecule has 3 heteroatoms. The minimum absolute atomic E-state index is 0.980. The number of nitrogens with one attached hydrogen (secondary N) is 2. The van der Waals surface area contributed by atoms with Gasteiger partial charge in [0.25, 0.3) is 0 Å². The minimum atomic E-state index is 0.980. The summed E-state index contributed by atoms with van der Waals surface area (Å²) < 4.78 is 0. The third-order valence-electron chi connectivity index (χ3n) is 3.97. The molecule has 0 saturated carbocycles. The summed E-state index contributed by atoms with van der Waals surface area (Å²) >= 11 is 0. The third-order valence-corrected chi connectivity index (χ3v) is 3.97. The predicted octanol–water partition coefficient (Wildman–Crippen LogP) is 4.22. The van der Waals surface area contributed by atoms with Gasteiger partial charge in [0, 0.05) is 23.5 Å². The first kappa shape index (κ1) is 12.2. The fourth-order valence-electron chi connectivity index (χ4n) is 2.91. The Morgan fingerprint density at radius 2 is 1.67 bits per heavy atom. The Kier molecular flexibility index (Phi) is 2.96. The highest BCUT2D eigenvalue weighted by Crippen LogP contribution is 2.20. The van der Waals surface area contributed by atoms with Crippen LogP contribution < -0.4 is 0 Å². The lowest BCUT2D eigenvalue weighted by Crippen LogP contribution is -1.91. The molecule has 0 spiro atoms. The number of rotatable bonds is 4. The standard InChI is InChI=1S/C18H17N3/c1-2-8-15-14(7-1)13(12-19-15)6-5-11-18-20-16-9-3-4-10-17(16)21-18/h1-4,7-10,12,19H,5-6,11H2,(H,20,21). The second kappa shape index (κ2) is 5.09. The van der Waals surface area contributed by atoms with Gasteiger partial charge in [-0.25, -0.2) is 4.98 Å². The molecule has 2 heterocycles. The number of H-pyrrole nitrogens is 2. The van der Waals surface area contributed by atoms with Crippen LogP contribution in [0.4, 0.5) is 0 Å². The smallest absolute Gasteiger partial charge is 0.107 e. The number of fused-ring (bicyclic) bond motifs is 2. The van der Waals surface area contributed by atoms with E-state index >= 15 is 0 Å². The summed E-state index contributed by atoms with van der Waals surface area (Å²) in [5.41, 5.74) is 4.79. The molecule has 2 aromatic heterocycles. The van der Waals surface area contributed by atoms with Crippen molar-refractivity contribution in [1.29, 1.82) is 0 Å². The van der Waals surface area contributed by atoms with E-state index in [0.717, 1.165) is 36.1 Å². The maximum absolute atomic E-state index is 4.63. The molecule has 4 rings (SSSR count). The van der Waals surface area contributed by atoms with Gasteiger partial charge in [0.2, 0.25) is 0 Å². The van der Waals surface area contributed by atoms with Crippen molar-refractivity contribution in [3.05, 3.63) is 66.1 Å². The van der Waals surface area contributed by atoms with E-state index in [1.807, 2.05) is 12.1 Å². The minimum Gasteiger partial charge on any atom is -0.361 e. The number of para-hydroxylation sites is 3. The fraction of sp³-hybridized carbons (Fsp3) is 0.167. The SMILES string of the molecule is c1ccc2[nH]c(CCCc3c[nH]c4ccccc34)nc2c1. The highest BCUT2D eigenvalue weighted by atomic mass is 14.9. The van der Waals surface area contributed by atoms with E-state index in [2.05, 4.69) is 57.5 Å². The first-order chi connectivity index (χ1) is 10.4. The van der Waals surface area contributed by atoms with Crippen LogP contribution in [0.25, 0.3) is 21.9 Å². The highest BCUT2D eigenvalue weighted by Gasteiger charge is 2.05. The van der Waals surface area contributed by atoms with Gasteiger partial charge in [-0.2, -0.15) is 0 Å². The number of nitrogens with zero attached hydrogens (tertiary/aromatic N) is 1. The van der Waals surface area contributed by atoms with Crippen LogP contribution in [0, 0.1) is 0 Å². The van der Waals surface area contributed by atoms with Crippen molar-refractivity contribution < 1.29 is 0 Å². The molecule has 0 bridgehead atoms. The molecule has 2 N–H and O–H groups in total. The normalized spacial score (nSPS) is 11.4. The Morgan fingerprint density at radius 3 is 2.57 bits per heavy atom. The number of aromatic amines is 2. The fourth-order valence-corrected chi connectivity index (χ4v) is 2.91. The highest BCUT2D eigenvalue weighted by molar-refractivity contribution is 5.83. The number of hydrogen-bond donors (Lipinski definition) is 2. The summed E-state index contributed by atoms with van der Waals surface area (Å²) in [5, 5.41) is 1.34. The van der Waals surface area contributed by atoms with Crippen molar-refractivity contribution in [2.45, 2.75) is 19.3 Å². The molecule has 0 fully saturated rings. The molecule has 0 atom stereocenters. The van der Waals surface area contributed by atoms with Crippen LogP contribution in [0.3, 0.4) is 0 Å². The average Bonchev–Trinajstić information content (AvgIpc) is 3.11. The molecular weight excluding hydrogens is 258 g/mol. The Bertz CT molecular complexity index is 852. The molecule has 0 radical (unpaired) electrons. The van der Waals surface area contributed by atoms with Crippen LogP contribution in [0.1, 0.15) is 17.8 Å². The quantitative estimate of drug-likeness (QED) is 0.575. The molecule has 2 aromatic carbocycles. The van der Waals surface area contributed by atoms with E-state index in [0.29, 0.717) is 0 Å². The molecule has 104 valence electrons. The summed E-state index contributed by atoms with van der Waals surface area (Å²) in [4.78, 5) is 11.4. The maximum Gasteiger partial charge on any atom is 0.107 e. The molecule has 0 aliphatic rings. The van der Waals surface area contributed by atoms with Gasteiger partial charge in [0.1, 0.15) is 5.82 Å². The molecule has 0 aliphatic carbocycles. The lowest BCUT2D eigenvalue weighted by molar-refractivity contribution is 0.789. The number of aromatic nitrogens is 3. The van der Waals surface area contributed by atoms with Gasteiger partial charge in [-0.15, -0.1) is 0 Å². The molecule has 0 unspecified atom stereocenters. The molecule has 3 nitrogen and oxygen atoms in total. The van der Waals surface area contributed by atoms with Crippen LogP contribution in [-0.2, 0) is 12.8 Å². The topological polar surface area (TPSA) is 44.5 Å². The molecule has 4 aromatic rings. The molecule has 0 amide bonds. The van der Waals surface area contributed by atoms with Crippen molar-refractivity contribution in [1.82, 2.24) is 15.0 Å². The molecule has 0 aliphatic heterocycles. The van der Waals surface area contributed by atoms with Crippen molar-refractivity contribution in [3.63, 3.8) is 0 Å². The van der Waals surface area contributed by atoms with Gasteiger partial charge in [-0.05, 0) is 36.6 Å². The van der Waals surface area contributed by atoms with Gasteiger partial charge in [0.05, 0.1) is 11.0 Å². The summed E-state index contributed by atoms with van der Waals surface area (Å²) in [6.07, 6.45) is 5.28. The van der Waals surface area contributed by atoms with Crippen LogP contribution in [-0.4, -0.2) is 15.0 Å². The van der Waals surface area contributed by atoms with Gasteiger partial charge in [-0.1, -0.05) is 30.3 Å². The van der Waals surface area contributed by atoms with E-state index in [4.69, 9.17) is 0 Å². The number of benzene rings is 2. The van der Waals surface area contributed by atoms with E-state index in [1.165, 1.54) is 16.5 Å². The van der Waals surface area contributed by atoms with Crippen LogP contribution >= 0.6 is 0 Å². The van der Waals surface area contributed by atoms with E-state index in [1.54, 1.807) is 0 Å². The molecule has 0 saturated heterocycles. The van der Waals surface area contributed by atoms with E-state index in [9.17, 15) is 0 Å². The Morgan fingerprint density at radius 1 is 0.857 bits per heavy atom. The monoisotopic (exact) mass is 275 g/mol. The van der Waals surface area contributed by atoms with Crippen molar-refractivity contribution >= 4 is 21.9 Å². The summed E-state index contributed by atoms with van der Waals surface area (Å²) in [5.74, 6) is 1.08. The zero-order valence-corrected chi connectivity index (χ0v) is 11.8. The summed E-state index contributed by atoms with van der Waals surface area (Å²) in [6.45, 7) is 0. The predicted molar refractivity (Wildman–Crippen MR) is 86.4 cm³/mol. The summed E-state index contributed by atoms with van der Waals surface area (Å²) in [7, 11) is 0. The number of hydrogen-bond acceptors (Lipinski definition) is 1. The van der Waals surface area contributed by atoms with Crippen molar-refractivity contribution in [2.24, 2.45) is 0 Å². The number of aryl methyl sites for hydroxylation is 2. The van der Waals surface area contributed by atoms with Crippen LogP contribution in [0.15, 0.2) is 54.7 Å². The lowest BCUT2D eigenvalue weighted by atomic mass is 10.1. The first-order valence-corrected chi connectivity index (χ1v) is 7.39. The van der Waals surface area contributed by atoms with E-state index < -0.39 is 0 Å². The third kappa shape index (κ3) is 2.31. The molecular formula is C18H17N3. The number of imidazole rings is 1. The second-order valence-corrected chi connectivity index (χ2v) is 5.41. The average molecular weight is 275 g/mol. The Hall–Kier alpha value is -2.55. The largest absolute Gasteiger partial charge is 0.361 e. The zero-order chi connectivity index (χ0) is 14.1. The zero-order valence-electron chi connectivity index (χ0n) is 11.8.